The molecule has 0 unspecified atom stereocenters. The zero-order valence-corrected chi connectivity index (χ0v) is 13.9. The molecule has 0 saturated carbocycles. The van der Waals surface area contributed by atoms with Gasteiger partial charge in [-0.1, -0.05) is 12.1 Å². The van der Waals surface area contributed by atoms with E-state index in [1.54, 1.807) is 6.20 Å². The average Bonchev–Trinajstić information content (AvgIpc) is 2.80. The minimum atomic E-state index is 0.630. The summed E-state index contributed by atoms with van der Waals surface area (Å²) < 4.78 is 2.84. The number of hydrogen-bond donors (Lipinski definition) is 2. The highest BCUT2D eigenvalue weighted by atomic mass is 79.9. The molecule has 0 bridgehead atoms. The maximum atomic E-state index is 5.30. The van der Waals surface area contributed by atoms with Crippen molar-refractivity contribution in [2.75, 3.05) is 11.9 Å². The highest BCUT2D eigenvalue weighted by Gasteiger charge is 2.01. The van der Waals surface area contributed by atoms with Crippen LogP contribution in [0.5, 0.6) is 0 Å². The monoisotopic (exact) mass is 352 g/mol. The van der Waals surface area contributed by atoms with Crippen LogP contribution in [-0.4, -0.2) is 21.4 Å². The summed E-state index contributed by atoms with van der Waals surface area (Å²) in [6, 6.07) is 6.27. The summed E-state index contributed by atoms with van der Waals surface area (Å²) in [5.41, 5.74) is 3.43. The molecular weight excluding hydrogens is 336 g/mol. The van der Waals surface area contributed by atoms with E-state index in [-0.39, 0.29) is 0 Å². The molecule has 6 heteroatoms. The molecule has 106 valence electrons. The summed E-state index contributed by atoms with van der Waals surface area (Å²) in [6.07, 6.45) is 3.70. The van der Waals surface area contributed by atoms with Crippen molar-refractivity contribution in [2.45, 2.75) is 20.4 Å². The predicted octanol–water partition coefficient (Wildman–Crippen LogP) is 3.25. The van der Waals surface area contributed by atoms with Gasteiger partial charge in [-0.25, -0.2) is 0 Å². The molecule has 4 nitrogen and oxygen atoms in total. The van der Waals surface area contributed by atoms with Crippen LogP contribution in [0.2, 0.25) is 0 Å². The van der Waals surface area contributed by atoms with E-state index < -0.39 is 0 Å². The first-order valence-electron chi connectivity index (χ1n) is 6.34. The standard InChI is InChI=1S/C14H17BrN4S/c1-10-3-4-11(2)13(7-10)18-14(20)16-5-6-19-9-12(15)8-17-19/h3-4,7-9H,5-6H2,1-2H3,(H2,16,18,20). The fraction of sp³-hybridized carbons (Fsp3) is 0.286. The van der Waals surface area contributed by atoms with Gasteiger partial charge in [0.15, 0.2) is 5.11 Å². The minimum absolute atomic E-state index is 0.630. The largest absolute Gasteiger partial charge is 0.361 e. The van der Waals surface area contributed by atoms with Crippen molar-refractivity contribution < 1.29 is 0 Å². The first kappa shape index (κ1) is 15.0. The first-order valence-corrected chi connectivity index (χ1v) is 7.55. The van der Waals surface area contributed by atoms with Gasteiger partial charge in [0.1, 0.15) is 0 Å². The average molecular weight is 353 g/mol. The van der Waals surface area contributed by atoms with Gasteiger partial charge >= 0.3 is 0 Å². The zero-order chi connectivity index (χ0) is 14.5. The van der Waals surface area contributed by atoms with Crippen LogP contribution in [0, 0.1) is 13.8 Å². The molecule has 20 heavy (non-hydrogen) atoms. The Bertz CT molecular complexity index is 609. The second-order valence-corrected chi connectivity index (χ2v) is 5.94. The number of rotatable bonds is 4. The van der Waals surface area contributed by atoms with Crippen molar-refractivity contribution in [3.8, 4) is 0 Å². The van der Waals surface area contributed by atoms with Crippen LogP contribution in [0.15, 0.2) is 35.1 Å². The molecule has 0 amide bonds. The fourth-order valence-electron chi connectivity index (χ4n) is 1.78. The fourth-order valence-corrected chi connectivity index (χ4v) is 2.32. The molecule has 0 radical (unpaired) electrons. The van der Waals surface area contributed by atoms with Crippen molar-refractivity contribution in [3.63, 3.8) is 0 Å². The molecule has 2 aromatic rings. The second-order valence-electron chi connectivity index (χ2n) is 4.62. The Hall–Kier alpha value is -1.40. The van der Waals surface area contributed by atoms with Gasteiger partial charge in [-0.05, 0) is 59.2 Å². The smallest absolute Gasteiger partial charge is 0.170 e. The number of anilines is 1. The summed E-state index contributed by atoms with van der Waals surface area (Å²) in [4.78, 5) is 0. The molecule has 1 aromatic heterocycles. The van der Waals surface area contributed by atoms with Gasteiger partial charge in [-0.3, -0.25) is 4.68 Å². The molecule has 2 N–H and O–H groups in total. The molecule has 0 saturated heterocycles. The quantitative estimate of drug-likeness (QED) is 0.828. The first-order chi connectivity index (χ1) is 9.54. The van der Waals surface area contributed by atoms with Gasteiger partial charge in [0.2, 0.25) is 0 Å². The molecule has 0 aliphatic rings. The van der Waals surface area contributed by atoms with Crippen LogP contribution >= 0.6 is 28.1 Å². The summed E-state index contributed by atoms with van der Waals surface area (Å²) in [5, 5.41) is 11.2. The van der Waals surface area contributed by atoms with Gasteiger partial charge in [-0.2, -0.15) is 5.10 Å². The number of hydrogen-bond acceptors (Lipinski definition) is 2. The molecule has 0 aliphatic carbocycles. The molecule has 1 aromatic carbocycles. The van der Waals surface area contributed by atoms with E-state index in [1.165, 1.54) is 11.1 Å². The van der Waals surface area contributed by atoms with Gasteiger partial charge in [0.05, 0.1) is 17.2 Å². The predicted molar refractivity (Wildman–Crippen MR) is 90.1 cm³/mol. The summed E-state index contributed by atoms with van der Waals surface area (Å²) >= 11 is 8.67. The number of nitrogens with zero attached hydrogens (tertiary/aromatic N) is 2. The van der Waals surface area contributed by atoms with Gasteiger partial charge in [-0.15, -0.1) is 0 Å². The van der Waals surface area contributed by atoms with Crippen LogP contribution in [0.4, 0.5) is 5.69 Å². The molecule has 2 rings (SSSR count). The van der Waals surface area contributed by atoms with Crippen molar-refractivity contribution in [3.05, 3.63) is 46.2 Å². The third-order valence-electron chi connectivity index (χ3n) is 2.87. The third kappa shape index (κ3) is 4.31. The van der Waals surface area contributed by atoms with E-state index in [4.69, 9.17) is 12.2 Å². The molecule has 1 heterocycles. The van der Waals surface area contributed by atoms with Crippen LogP contribution in [0.1, 0.15) is 11.1 Å². The number of nitrogens with one attached hydrogen (secondary N) is 2. The van der Waals surface area contributed by atoms with Crippen molar-refractivity contribution in [1.82, 2.24) is 15.1 Å². The molecule has 0 spiro atoms. The number of aryl methyl sites for hydroxylation is 2. The van der Waals surface area contributed by atoms with E-state index in [2.05, 4.69) is 63.7 Å². The lowest BCUT2D eigenvalue weighted by molar-refractivity contribution is 0.604. The Labute approximate surface area is 132 Å². The maximum Gasteiger partial charge on any atom is 0.170 e. The number of halogens is 1. The lowest BCUT2D eigenvalue weighted by Crippen LogP contribution is -2.31. The Balaban J connectivity index is 1.82. The molecule has 0 atom stereocenters. The van der Waals surface area contributed by atoms with Crippen LogP contribution in [-0.2, 0) is 6.54 Å². The second kappa shape index (κ2) is 6.85. The lowest BCUT2D eigenvalue weighted by atomic mass is 10.1. The Morgan fingerprint density at radius 1 is 1.40 bits per heavy atom. The number of thiocarbonyl (C=S) groups is 1. The van der Waals surface area contributed by atoms with E-state index in [1.807, 2.05) is 10.9 Å². The Kier molecular flexibility index (Phi) is 5.14. The third-order valence-corrected chi connectivity index (χ3v) is 3.53. The highest BCUT2D eigenvalue weighted by molar-refractivity contribution is 9.10. The summed E-state index contributed by atoms with van der Waals surface area (Å²) in [5.74, 6) is 0. The zero-order valence-electron chi connectivity index (χ0n) is 11.5. The van der Waals surface area contributed by atoms with E-state index >= 15 is 0 Å². The van der Waals surface area contributed by atoms with Crippen molar-refractivity contribution >= 4 is 38.9 Å². The maximum absolute atomic E-state index is 5.30. The Morgan fingerprint density at radius 3 is 2.90 bits per heavy atom. The minimum Gasteiger partial charge on any atom is -0.361 e. The molecular formula is C14H17BrN4S. The van der Waals surface area contributed by atoms with Crippen molar-refractivity contribution in [1.29, 1.82) is 0 Å². The Morgan fingerprint density at radius 2 is 2.20 bits per heavy atom. The van der Waals surface area contributed by atoms with Crippen molar-refractivity contribution in [2.24, 2.45) is 0 Å². The van der Waals surface area contributed by atoms with Gasteiger partial charge < -0.3 is 10.6 Å². The van der Waals surface area contributed by atoms with Crippen LogP contribution in [0.25, 0.3) is 0 Å². The van der Waals surface area contributed by atoms with E-state index in [0.717, 1.165) is 23.2 Å². The topological polar surface area (TPSA) is 41.9 Å². The highest BCUT2D eigenvalue weighted by Crippen LogP contribution is 2.16. The van der Waals surface area contributed by atoms with Crippen LogP contribution < -0.4 is 10.6 Å². The van der Waals surface area contributed by atoms with Gasteiger partial charge in [0, 0.05) is 18.4 Å². The summed E-state index contributed by atoms with van der Waals surface area (Å²) in [7, 11) is 0. The number of benzene rings is 1. The van der Waals surface area contributed by atoms with Crippen LogP contribution in [0.3, 0.4) is 0 Å². The summed E-state index contributed by atoms with van der Waals surface area (Å²) in [6.45, 7) is 5.62. The van der Waals surface area contributed by atoms with Gasteiger partial charge in [0.25, 0.3) is 0 Å². The normalized spacial score (nSPS) is 10.3. The molecule has 0 fully saturated rings. The van der Waals surface area contributed by atoms with E-state index in [0.29, 0.717) is 5.11 Å². The number of aromatic nitrogens is 2. The van der Waals surface area contributed by atoms with E-state index in [9.17, 15) is 0 Å². The molecule has 0 aliphatic heterocycles. The lowest BCUT2D eigenvalue weighted by Gasteiger charge is -2.13. The SMILES string of the molecule is Cc1ccc(C)c(NC(=S)NCCn2cc(Br)cn2)c1.